The minimum Gasteiger partial charge on any atom is -0.344 e. The zero-order chi connectivity index (χ0) is 23.1. The van der Waals surface area contributed by atoms with Crippen molar-refractivity contribution in [3.63, 3.8) is 0 Å². The molecule has 3 rings (SSSR count). The van der Waals surface area contributed by atoms with E-state index in [1.54, 1.807) is 31.2 Å². The number of Topliss-reactive ketones (excluding diaryl/α,β-unsaturated/α-hetero) is 1. The minimum absolute atomic E-state index is 0.156. The van der Waals surface area contributed by atoms with Gasteiger partial charge >= 0.3 is 0 Å². The maximum atomic E-state index is 13.1. The number of likely N-dealkylation sites (tertiary alicyclic amines) is 1. The monoisotopic (exact) mass is 435 g/mol. The van der Waals surface area contributed by atoms with E-state index >= 15 is 0 Å². The molecule has 168 valence electrons. The van der Waals surface area contributed by atoms with Crippen LogP contribution in [0.15, 0.2) is 60.7 Å². The van der Waals surface area contributed by atoms with Gasteiger partial charge in [-0.3, -0.25) is 19.2 Å². The topological polar surface area (TPSA) is 95.6 Å². The lowest BCUT2D eigenvalue weighted by atomic mass is 9.97. The van der Waals surface area contributed by atoms with Crippen LogP contribution in [0.1, 0.15) is 42.6 Å². The van der Waals surface area contributed by atoms with Gasteiger partial charge in [-0.1, -0.05) is 60.7 Å². The van der Waals surface area contributed by atoms with E-state index in [-0.39, 0.29) is 17.6 Å². The van der Waals surface area contributed by atoms with Crippen molar-refractivity contribution in [1.82, 2.24) is 15.5 Å². The fourth-order valence-corrected chi connectivity index (χ4v) is 3.95. The van der Waals surface area contributed by atoms with E-state index in [1.165, 1.54) is 11.8 Å². The van der Waals surface area contributed by atoms with Crippen LogP contribution in [0.4, 0.5) is 0 Å². The quantitative estimate of drug-likeness (QED) is 0.621. The van der Waals surface area contributed by atoms with Gasteiger partial charge in [0.1, 0.15) is 12.1 Å². The van der Waals surface area contributed by atoms with E-state index in [1.807, 2.05) is 36.4 Å². The van der Waals surface area contributed by atoms with Gasteiger partial charge in [-0.15, -0.1) is 0 Å². The number of benzene rings is 2. The van der Waals surface area contributed by atoms with E-state index in [9.17, 15) is 19.2 Å². The van der Waals surface area contributed by atoms with E-state index in [4.69, 9.17) is 0 Å². The molecule has 1 aliphatic rings. The van der Waals surface area contributed by atoms with Crippen LogP contribution < -0.4 is 10.6 Å². The van der Waals surface area contributed by atoms with Crippen molar-refractivity contribution in [3.8, 4) is 0 Å². The Morgan fingerprint density at radius 3 is 2.22 bits per heavy atom. The zero-order valence-corrected chi connectivity index (χ0v) is 18.4. The first-order chi connectivity index (χ1) is 15.4. The van der Waals surface area contributed by atoms with Gasteiger partial charge in [-0.2, -0.15) is 0 Å². The molecule has 1 heterocycles. The van der Waals surface area contributed by atoms with Gasteiger partial charge in [0.25, 0.3) is 0 Å². The highest BCUT2D eigenvalue weighted by atomic mass is 16.2. The van der Waals surface area contributed by atoms with Crippen molar-refractivity contribution >= 4 is 23.5 Å². The lowest BCUT2D eigenvalue weighted by molar-refractivity contribution is -0.138. The van der Waals surface area contributed by atoms with E-state index < -0.39 is 24.0 Å². The Bertz CT molecular complexity index is 962. The Balaban J connectivity index is 1.69. The summed E-state index contributed by atoms with van der Waals surface area (Å²) in [6.07, 6.45) is 1.66. The first-order valence-corrected chi connectivity index (χ1v) is 10.9. The Morgan fingerprint density at radius 2 is 1.59 bits per heavy atom. The Labute approximate surface area is 188 Å². The molecular formula is C25H29N3O4. The average Bonchev–Trinajstić information content (AvgIpc) is 3.30. The number of rotatable bonds is 8. The largest absolute Gasteiger partial charge is 0.344 e. The summed E-state index contributed by atoms with van der Waals surface area (Å²) in [6.45, 7) is 3.55. The normalized spacial score (nSPS) is 17.3. The molecule has 0 radical (unpaired) electrons. The van der Waals surface area contributed by atoms with Crippen LogP contribution in [-0.2, 0) is 20.8 Å². The second-order valence-electron chi connectivity index (χ2n) is 8.08. The summed E-state index contributed by atoms with van der Waals surface area (Å²) in [5.74, 6) is -1.15. The molecule has 1 saturated heterocycles. The number of nitrogens with zero attached hydrogens (tertiary/aromatic N) is 1. The second-order valence-corrected chi connectivity index (χ2v) is 8.08. The van der Waals surface area contributed by atoms with Gasteiger partial charge in [-0.05, 0) is 25.3 Å². The summed E-state index contributed by atoms with van der Waals surface area (Å²) >= 11 is 0. The summed E-state index contributed by atoms with van der Waals surface area (Å²) in [5, 5.41) is 5.51. The summed E-state index contributed by atoms with van der Waals surface area (Å²) in [5.41, 5.74) is 1.43. The van der Waals surface area contributed by atoms with Gasteiger partial charge < -0.3 is 15.5 Å². The van der Waals surface area contributed by atoms with Crippen molar-refractivity contribution in [2.75, 3.05) is 6.54 Å². The number of nitrogens with one attached hydrogen (secondary N) is 2. The average molecular weight is 436 g/mol. The number of hydrogen-bond donors (Lipinski definition) is 2. The van der Waals surface area contributed by atoms with Crippen molar-refractivity contribution in [3.05, 3.63) is 71.8 Å². The summed E-state index contributed by atoms with van der Waals surface area (Å²) < 4.78 is 0. The minimum atomic E-state index is -0.848. The molecule has 0 bridgehead atoms. The maximum Gasteiger partial charge on any atom is 0.243 e. The highest BCUT2D eigenvalue weighted by Crippen LogP contribution is 2.17. The molecule has 1 aliphatic heterocycles. The third kappa shape index (κ3) is 5.81. The second kappa shape index (κ2) is 10.7. The van der Waals surface area contributed by atoms with E-state index in [0.717, 1.165) is 12.0 Å². The lowest BCUT2D eigenvalue weighted by Gasteiger charge is -2.25. The fraction of sp³-hybridized carbons (Fsp3) is 0.360. The molecule has 7 heteroatoms. The number of hydrogen-bond acceptors (Lipinski definition) is 4. The molecule has 0 spiro atoms. The van der Waals surface area contributed by atoms with Gasteiger partial charge in [0.15, 0.2) is 5.78 Å². The first kappa shape index (κ1) is 23.2. The van der Waals surface area contributed by atoms with E-state index in [0.29, 0.717) is 24.9 Å². The highest BCUT2D eigenvalue weighted by Gasteiger charge is 2.34. The Kier molecular flexibility index (Phi) is 7.76. The Hall–Kier alpha value is -3.48. The SMILES string of the molecule is CC(=O)N1CCCC1C(=O)NC(C)C(=O)NC(Cc1ccccc1)C(=O)c1ccccc1. The molecule has 0 aliphatic carbocycles. The third-order valence-corrected chi connectivity index (χ3v) is 5.69. The predicted molar refractivity (Wildman–Crippen MR) is 121 cm³/mol. The molecule has 2 aromatic rings. The number of carbonyl (C=O) groups is 4. The van der Waals surface area contributed by atoms with Gasteiger partial charge in [0, 0.05) is 25.5 Å². The zero-order valence-electron chi connectivity index (χ0n) is 18.4. The van der Waals surface area contributed by atoms with E-state index in [2.05, 4.69) is 10.6 Å². The van der Waals surface area contributed by atoms with Gasteiger partial charge in [0.2, 0.25) is 17.7 Å². The number of amides is 3. The summed E-state index contributed by atoms with van der Waals surface area (Å²) in [4.78, 5) is 51.9. The molecule has 3 unspecified atom stereocenters. The van der Waals surface area contributed by atoms with Crippen molar-refractivity contribution in [2.24, 2.45) is 0 Å². The molecule has 3 atom stereocenters. The standard InChI is InChI=1S/C25H29N3O4/c1-17(26-25(32)22-14-9-15-28(22)18(2)29)24(31)27-21(16-19-10-5-3-6-11-19)23(30)20-12-7-4-8-13-20/h3-8,10-13,17,21-22H,9,14-16H2,1-2H3,(H,26,32)(H,27,31). The smallest absolute Gasteiger partial charge is 0.243 e. The third-order valence-electron chi connectivity index (χ3n) is 5.69. The van der Waals surface area contributed by atoms with Crippen molar-refractivity contribution in [1.29, 1.82) is 0 Å². The van der Waals surface area contributed by atoms with Crippen LogP contribution in [0.3, 0.4) is 0 Å². The van der Waals surface area contributed by atoms with Crippen LogP contribution in [0, 0.1) is 0 Å². The molecule has 32 heavy (non-hydrogen) atoms. The fourth-order valence-electron chi connectivity index (χ4n) is 3.95. The summed E-state index contributed by atoms with van der Waals surface area (Å²) in [7, 11) is 0. The molecule has 7 nitrogen and oxygen atoms in total. The highest BCUT2D eigenvalue weighted by molar-refractivity contribution is 6.02. The van der Waals surface area contributed by atoms with Crippen LogP contribution in [0.2, 0.25) is 0 Å². The van der Waals surface area contributed by atoms with Crippen LogP contribution >= 0.6 is 0 Å². The maximum absolute atomic E-state index is 13.1. The molecule has 0 saturated carbocycles. The Morgan fingerprint density at radius 1 is 0.969 bits per heavy atom. The molecule has 2 aromatic carbocycles. The first-order valence-electron chi connectivity index (χ1n) is 10.9. The summed E-state index contributed by atoms with van der Waals surface area (Å²) in [6, 6.07) is 16.1. The molecule has 1 fully saturated rings. The molecule has 3 amide bonds. The predicted octanol–water partition coefficient (Wildman–Crippen LogP) is 2.11. The van der Waals surface area contributed by atoms with Crippen molar-refractivity contribution < 1.29 is 19.2 Å². The van der Waals surface area contributed by atoms with Crippen LogP contribution in [-0.4, -0.2) is 53.1 Å². The molecular weight excluding hydrogens is 406 g/mol. The number of carbonyl (C=O) groups excluding carboxylic acids is 4. The number of ketones is 1. The molecule has 0 aromatic heterocycles. The van der Waals surface area contributed by atoms with Gasteiger partial charge in [0.05, 0.1) is 6.04 Å². The van der Waals surface area contributed by atoms with Crippen molar-refractivity contribution in [2.45, 2.75) is 51.2 Å². The molecule has 2 N–H and O–H groups in total. The van der Waals surface area contributed by atoms with Crippen LogP contribution in [0.5, 0.6) is 0 Å². The van der Waals surface area contributed by atoms with Crippen LogP contribution in [0.25, 0.3) is 0 Å². The van der Waals surface area contributed by atoms with Gasteiger partial charge in [-0.25, -0.2) is 0 Å². The lowest BCUT2D eigenvalue weighted by Crippen LogP contribution is -2.54.